The van der Waals surface area contributed by atoms with Gasteiger partial charge in [-0.1, -0.05) is 20.3 Å². The first-order valence-corrected chi connectivity index (χ1v) is 13.9. The van der Waals surface area contributed by atoms with E-state index in [4.69, 9.17) is 43.1 Å². The van der Waals surface area contributed by atoms with Crippen LogP contribution in [0.4, 0.5) is 14.4 Å². The molecule has 0 atom stereocenters. The van der Waals surface area contributed by atoms with Crippen molar-refractivity contribution < 1.29 is 72.1 Å². The average Bonchev–Trinajstić information content (AvgIpc) is 2.89. The van der Waals surface area contributed by atoms with E-state index in [1.165, 1.54) is 0 Å². The minimum atomic E-state index is -1.33. The van der Waals surface area contributed by atoms with Gasteiger partial charge in [-0.3, -0.25) is 14.7 Å². The summed E-state index contributed by atoms with van der Waals surface area (Å²) in [6.45, 7) is 16.7. The second-order valence-electron chi connectivity index (χ2n) is 11.5. The molecule has 0 aromatic rings. The smallest absolute Gasteiger partial charge is 0.430 e. The normalized spacial score (nSPS) is 12.4. The minimum absolute atomic E-state index is 0.0234. The fourth-order valence-corrected chi connectivity index (χ4v) is 2.44. The van der Waals surface area contributed by atoms with Gasteiger partial charge in [0.1, 0.15) is 43.2 Å². The van der Waals surface area contributed by atoms with Crippen molar-refractivity contribution in [2.45, 2.75) is 111 Å². The summed E-state index contributed by atoms with van der Waals surface area (Å²) in [6.07, 6.45) is -1.49. The summed E-state index contributed by atoms with van der Waals surface area (Å²) >= 11 is 0. The quantitative estimate of drug-likeness (QED) is 0.0417. The lowest BCUT2D eigenvalue weighted by atomic mass is 10.1. The van der Waals surface area contributed by atoms with Gasteiger partial charge < -0.3 is 28.4 Å². The molecule has 0 N–H and O–H groups in total. The van der Waals surface area contributed by atoms with Gasteiger partial charge in [-0.2, -0.15) is 14.7 Å². The van der Waals surface area contributed by atoms with E-state index in [1.54, 1.807) is 55.4 Å². The molecule has 0 aliphatic heterocycles. The Labute approximate surface area is 248 Å². The first-order valence-electron chi connectivity index (χ1n) is 13.9. The molecule has 0 saturated carbocycles. The molecule has 0 aromatic carbocycles. The summed E-state index contributed by atoms with van der Waals surface area (Å²) in [5, 5.41) is 0. The van der Waals surface area contributed by atoms with Gasteiger partial charge in [-0.25, -0.2) is 14.4 Å². The number of hydrogen-bond acceptors (Lipinski definition) is 15. The predicted molar refractivity (Wildman–Crippen MR) is 145 cm³/mol. The van der Waals surface area contributed by atoms with Gasteiger partial charge in [-0.05, 0) is 61.8 Å². The lowest BCUT2D eigenvalue weighted by molar-refractivity contribution is -0.318. The molecule has 0 aliphatic carbocycles. The number of ether oxygens (including phenoxy) is 6. The van der Waals surface area contributed by atoms with Gasteiger partial charge in [0.25, 0.3) is 0 Å². The zero-order valence-electron chi connectivity index (χ0n) is 26.7. The molecule has 42 heavy (non-hydrogen) atoms. The maximum absolute atomic E-state index is 11.7. The van der Waals surface area contributed by atoms with Gasteiger partial charge in [0.15, 0.2) is 5.79 Å². The van der Waals surface area contributed by atoms with Crippen molar-refractivity contribution in [1.29, 1.82) is 0 Å². The molecular formula is C27H50O15. The molecule has 0 saturated heterocycles. The van der Waals surface area contributed by atoms with Crippen LogP contribution in [0.2, 0.25) is 0 Å². The highest BCUT2D eigenvalue weighted by molar-refractivity contribution is 5.59. The average molecular weight is 615 g/mol. The number of carbonyl (C=O) groups excluding carboxylic acids is 3. The van der Waals surface area contributed by atoms with Crippen LogP contribution < -0.4 is 0 Å². The Morgan fingerprint density at radius 2 is 0.952 bits per heavy atom. The summed E-state index contributed by atoms with van der Waals surface area (Å²) < 4.78 is 32.3. The van der Waals surface area contributed by atoms with Crippen molar-refractivity contribution >= 4 is 18.5 Å². The lowest BCUT2D eigenvalue weighted by Crippen LogP contribution is -2.43. The topological polar surface area (TPSA) is 162 Å². The van der Waals surface area contributed by atoms with Crippen molar-refractivity contribution in [3.8, 4) is 0 Å². The van der Waals surface area contributed by atoms with E-state index in [9.17, 15) is 14.4 Å². The molecule has 0 bridgehead atoms. The van der Waals surface area contributed by atoms with Gasteiger partial charge in [-0.15, -0.1) is 0 Å². The molecule has 15 heteroatoms. The Hall–Kier alpha value is -2.43. The van der Waals surface area contributed by atoms with Crippen LogP contribution in [0.25, 0.3) is 0 Å². The van der Waals surface area contributed by atoms with Crippen LogP contribution >= 0.6 is 0 Å². The summed E-state index contributed by atoms with van der Waals surface area (Å²) in [5.74, 6) is -1.33. The molecule has 0 aromatic heterocycles. The van der Waals surface area contributed by atoms with Crippen LogP contribution in [-0.2, 0) is 57.7 Å². The zero-order chi connectivity index (χ0) is 32.3. The van der Waals surface area contributed by atoms with Gasteiger partial charge in [0, 0.05) is 6.42 Å². The number of hydrogen-bond donors (Lipinski definition) is 0. The molecule has 15 nitrogen and oxygen atoms in total. The summed E-state index contributed by atoms with van der Waals surface area (Å²) in [6, 6.07) is 0. The Kier molecular flexibility index (Phi) is 18.6. The Balaban J connectivity index is 4.92. The molecule has 0 rings (SSSR count). The van der Waals surface area contributed by atoms with E-state index in [1.807, 2.05) is 13.8 Å². The first-order chi connectivity index (χ1) is 19.4. The molecule has 0 spiro atoms. The highest BCUT2D eigenvalue weighted by Gasteiger charge is 2.32. The summed E-state index contributed by atoms with van der Waals surface area (Å²) in [7, 11) is 0. The fraction of sp³-hybridized carbons (Fsp3) is 0.889. The highest BCUT2D eigenvalue weighted by Crippen LogP contribution is 2.22. The van der Waals surface area contributed by atoms with Crippen LogP contribution in [0, 0.1) is 0 Å². The monoisotopic (exact) mass is 614 g/mol. The Morgan fingerprint density at radius 1 is 0.548 bits per heavy atom. The van der Waals surface area contributed by atoms with Crippen molar-refractivity contribution in [2.75, 3.05) is 46.2 Å². The van der Waals surface area contributed by atoms with E-state index in [-0.39, 0.29) is 46.2 Å². The zero-order valence-corrected chi connectivity index (χ0v) is 26.7. The van der Waals surface area contributed by atoms with Crippen molar-refractivity contribution in [2.24, 2.45) is 0 Å². The molecule has 0 radical (unpaired) electrons. The lowest BCUT2D eigenvalue weighted by Gasteiger charge is -2.33. The third-order valence-corrected chi connectivity index (χ3v) is 4.64. The maximum Gasteiger partial charge on any atom is 0.540 e. The van der Waals surface area contributed by atoms with E-state index in [2.05, 4.69) is 14.7 Å². The van der Waals surface area contributed by atoms with Gasteiger partial charge in [0.05, 0.1) is 19.8 Å². The van der Waals surface area contributed by atoms with Crippen LogP contribution in [0.3, 0.4) is 0 Å². The predicted octanol–water partition coefficient (Wildman–Crippen LogP) is 5.57. The third-order valence-electron chi connectivity index (χ3n) is 4.64. The Bertz CT molecular complexity index is 732. The SMILES string of the molecule is CCCC(COCCOC(=O)OOC(C)(C)CC)(OCCOC(=O)OOC(C)(C)C)OCCOC(=O)OOC(C)(C)C. The third kappa shape index (κ3) is 22.2. The molecule has 0 fully saturated rings. The van der Waals surface area contributed by atoms with Crippen LogP contribution in [0.5, 0.6) is 0 Å². The maximum atomic E-state index is 11.7. The van der Waals surface area contributed by atoms with Crippen molar-refractivity contribution in [3.63, 3.8) is 0 Å². The second-order valence-corrected chi connectivity index (χ2v) is 11.5. The number of rotatable bonds is 20. The largest absolute Gasteiger partial charge is 0.540 e. The van der Waals surface area contributed by atoms with Crippen LogP contribution in [0.1, 0.15) is 88.5 Å². The molecular weight excluding hydrogens is 564 g/mol. The summed E-state index contributed by atoms with van der Waals surface area (Å²) in [5.41, 5.74) is -2.06. The Morgan fingerprint density at radius 3 is 1.33 bits per heavy atom. The van der Waals surface area contributed by atoms with Crippen LogP contribution in [0.15, 0.2) is 0 Å². The van der Waals surface area contributed by atoms with E-state index in [0.717, 1.165) is 0 Å². The highest BCUT2D eigenvalue weighted by atomic mass is 17.2. The van der Waals surface area contributed by atoms with Crippen molar-refractivity contribution in [1.82, 2.24) is 0 Å². The summed E-state index contributed by atoms with van der Waals surface area (Å²) in [4.78, 5) is 63.8. The molecule has 0 unspecified atom stereocenters. The molecule has 0 aliphatic rings. The van der Waals surface area contributed by atoms with E-state index >= 15 is 0 Å². The molecule has 0 amide bonds. The van der Waals surface area contributed by atoms with E-state index in [0.29, 0.717) is 19.3 Å². The fourth-order valence-electron chi connectivity index (χ4n) is 2.44. The molecule has 0 heterocycles. The van der Waals surface area contributed by atoms with Crippen molar-refractivity contribution in [3.05, 3.63) is 0 Å². The standard InChI is InChI=1S/C27H50O15/c1-11-13-27(35-18-16-33-21(28)37-40-24(3,4)5,36-19-17-34-22(29)38-41-25(6,7)8)20-31-14-15-32-23(30)39-42-26(9,10)12-2/h11-20H2,1-10H3. The van der Waals surface area contributed by atoms with Crippen LogP contribution in [-0.4, -0.2) is 87.3 Å². The number of carbonyl (C=O) groups is 3. The molecule has 248 valence electrons. The van der Waals surface area contributed by atoms with Gasteiger partial charge >= 0.3 is 18.5 Å². The second kappa shape index (κ2) is 19.7. The minimum Gasteiger partial charge on any atom is -0.430 e. The van der Waals surface area contributed by atoms with E-state index < -0.39 is 41.1 Å². The first kappa shape index (κ1) is 39.6. The van der Waals surface area contributed by atoms with Gasteiger partial charge in [0.2, 0.25) is 0 Å².